The zero-order valence-corrected chi connectivity index (χ0v) is 13.0. The lowest BCUT2D eigenvalue weighted by molar-refractivity contribution is -0.119. The van der Waals surface area contributed by atoms with Crippen LogP contribution in [0.15, 0.2) is 12.2 Å². The molecule has 0 saturated carbocycles. The van der Waals surface area contributed by atoms with Gasteiger partial charge in [-0.15, -0.1) is 0 Å². The average Bonchev–Trinajstić information content (AvgIpc) is 2.34. The summed E-state index contributed by atoms with van der Waals surface area (Å²) < 4.78 is 10.9. The van der Waals surface area contributed by atoms with Crippen molar-refractivity contribution in [2.24, 2.45) is 0 Å². The van der Waals surface area contributed by atoms with Crippen LogP contribution in [0.25, 0.3) is 0 Å². The maximum atomic E-state index is 12.2. The monoisotopic (exact) mass is 274 g/mol. The van der Waals surface area contributed by atoms with Crippen LogP contribution in [0, 0.1) is 0 Å². The van der Waals surface area contributed by atoms with E-state index in [2.05, 4.69) is 6.58 Å². The van der Waals surface area contributed by atoms with Crippen LogP contribution in [-0.2, 0) is 14.3 Å². The quantitative estimate of drug-likeness (QED) is 0.377. The Kier molecular flexibility index (Phi) is 8.35. The summed E-state index contributed by atoms with van der Waals surface area (Å²) in [6, 6.07) is 0.458. The molecule has 0 aromatic rings. The van der Waals surface area contributed by atoms with E-state index in [0.717, 1.165) is 12.8 Å². The van der Waals surface area contributed by atoms with Gasteiger partial charge in [-0.1, -0.05) is 26.3 Å². The van der Waals surface area contributed by atoms with Crippen molar-refractivity contribution in [3.05, 3.63) is 12.2 Å². The minimum atomic E-state index is -3.29. The number of allylic oxidation sites excluding steroid dienone is 1. The molecule has 4 nitrogen and oxygen atoms in total. The third-order valence-electron chi connectivity index (χ3n) is 2.72. The van der Waals surface area contributed by atoms with Crippen molar-refractivity contribution in [2.75, 3.05) is 13.2 Å². The molecule has 1 N–H and O–H groups in total. The minimum absolute atomic E-state index is 0.261. The van der Waals surface area contributed by atoms with E-state index in [4.69, 9.17) is 9.47 Å². The van der Waals surface area contributed by atoms with Crippen LogP contribution in [0.3, 0.4) is 0 Å². The van der Waals surface area contributed by atoms with E-state index in [-0.39, 0.29) is 5.41 Å². The highest BCUT2D eigenvalue weighted by Gasteiger charge is 2.49. The first-order valence-electron chi connectivity index (χ1n) is 6.59. The van der Waals surface area contributed by atoms with E-state index in [1.807, 2.05) is 20.8 Å². The first kappa shape index (κ1) is 17.5. The standard InChI is InChI=1S/C13H26O4Si/c1-6-9-10-18(15,12(14)11(4)5)13(16-7-2)17-8-3/h13,15H,4,6-10H2,1-3,5H3. The minimum Gasteiger partial charge on any atom is -0.422 e. The number of carbonyl (C=O) groups is 1. The van der Waals surface area contributed by atoms with Gasteiger partial charge in [0, 0.05) is 13.2 Å². The van der Waals surface area contributed by atoms with E-state index in [0.29, 0.717) is 24.8 Å². The van der Waals surface area contributed by atoms with Crippen LogP contribution < -0.4 is 0 Å². The van der Waals surface area contributed by atoms with E-state index in [9.17, 15) is 9.59 Å². The normalized spacial score (nSPS) is 14.6. The van der Waals surface area contributed by atoms with Crippen LogP contribution >= 0.6 is 0 Å². The molecular weight excluding hydrogens is 248 g/mol. The number of ether oxygens (including phenoxy) is 2. The lowest BCUT2D eigenvalue weighted by atomic mass is 10.4. The van der Waals surface area contributed by atoms with Gasteiger partial charge in [-0.3, -0.25) is 4.79 Å². The lowest BCUT2D eigenvalue weighted by Crippen LogP contribution is -2.58. The summed E-state index contributed by atoms with van der Waals surface area (Å²) >= 11 is 0. The predicted octanol–water partition coefficient (Wildman–Crippen LogP) is 2.35. The van der Waals surface area contributed by atoms with Crippen LogP contribution in [0.2, 0.25) is 6.04 Å². The van der Waals surface area contributed by atoms with E-state index < -0.39 is 14.2 Å². The summed E-state index contributed by atoms with van der Waals surface area (Å²) in [5.41, 5.74) is 0.379. The largest absolute Gasteiger partial charge is 0.422 e. The molecule has 0 spiro atoms. The molecule has 0 fully saturated rings. The van der Waals surface area contributed by atoms with E-state index in [1.54, 1.807) is 6.92 Å². The Morgan fingerprint density at radius 3 is 2.11 bits per heavy atom. The molecule has 0 heterocycles. The van der Waals surface area contributed by atoms with E-state index in [1.165, 1.54) is 0 Å². The topological polar surface area (TPSA) is 55.8 Å². The molecule has 0 aliphatic carbocycles. The van der Waals surface area contributed by atoms with Gasteiger partial charge in [-0.05, 0) is 32.4 Å². The summed E-state index contributed by atoms with van der Waals surface area (Å²) in [6.45, 7) is 11.8. The van der Waals surface area contributed by atoms with Gasteiger partial charge >= 0.3 is 8.32 Å². The van der Waals surface area contributed by atoms with Gasteiger partial charge < -0.3 is 14.3 Å². The third kappa shape index (κ3) is 4.64. The van der Waals surface area contributed by atoms with Gasteiger partial charge in [0.05, 0.1) is 0 Å². The molecule has 0 aromatic heterocycles. The van der Waals surface area contributed by atoms with Crippen LogP contribution in [0.5, 0.6) is 0 Å². The summed E-state index contributed by atoms with van der Waals surface area (Å²) in [6.07, 6.45) is 1.71. The summed E-state index contributed by atoms with van der Waals surface area (Å²) in [4.78, 5) is 23.0. The molecule has 0 bridgehead atoms. The Hall–Kier alpha value is -0.493. The molecule has 0 amide bonds. The zero-order valence-electron chi connectivity index (χ0n) is 12.0. The van der Waals surface area contributed by atoms with Gasteiger partial charge in [0.25, 0.3) is 0 Å². The number of unbranched alkanes of at least 4 members (excludes halogenated alkanes) is 1. The highest BCUT2D eigenvalue weighted by Crippen LogP contribution is 2.22. The van der Waals surface area contributed by atoms with Gasteiger partial charge in [-0.25, -0.2) is 0 Å². The van der Waals surface area contributed by atoms with Crippen molar-refractivity contribution in [3.63, 3.8) is 0 Å². The van der Waals surface area contributed by atoms with Gasteiger partial charge in [0.2, 0.25) is 0 Å². The fraction of sp³-hybridized carbons (Fsp3) is 0.769. The zero-order chi connectivity index (χ0) is 14.2. The molecule has 0 aliphatic heterocycles. The second-order valence-electron chi connectivity index (χ2n) is 4.38. The number of hydrogen-bond donors (Lipinski definition) is 1. The molecule has 106 valence electrons. The van der Waals surface area contributed by atoms with Gasteiger partial charge in [-0.2, -0.15) is 0 Å². The average molecular weight is 274 g/mol. The SMILES string of the molecule is C=C(C)C(=O)[Si](O)(CCCC)C(OCC)OCC. The van der Waals surface area contributed by atoms with Crippen LogP contribution in [-0.4, -0.2) is 37.6 Å². The van der Waals surface area contributed by atoms with Crippen molar-refractivity contribution < 1.29 is 19.1 Å². The fourth-order valence-corrected chi connectivity index (χ4v) is 4.97. The summed E-state index contributed by atoms with van der Waals surface area (Å²) in [5, 5.41) is -0.261. The number of hydrogen-bond acceptors (Lipinski definition) is 4. The number of rotatable bonds is 10. The second-order valence-corrected chi connectivity index (χ2v) is 7.65. The lowest BCUT2D eigenvalue weighted by Gasteiger charge is -2.31. The van der Waals surface area contributed by atoms with Crippen molar-refractivity contribution in [3.8, 4) is 0 Å². The molecule has 1 unspecified atom stereocenters. The van der Waals surface area contributed by atoms with Crippen molar-refractivity contribution >= 4 is 13.7 Å². The molecule has 1 atom stereocenters. The Morgan fingerprint density at radius 1 is 1.28 bits per heavy atom. The van der Waals surface area contributed by atoms with Crippen molar-refractivity contribution in [1.29, 1.82) is 0 Å². The molecule has 18 heavy (non-hydrogen) atoms. The molecular formula is C13H26O4Si. The molecule has 0 radical (unpaired) electrons. The fourth-order valence-electron chi connectivity index (χ4n) is 1.78. The van der Waals surface area contributed by atoms with E-state index >= 15 is 0 Å². The van der Waals surface area contributed by atoms with Crippen molar-refractivity contribution in [1.82, 2.24) is 0 Å². The summed E-state index contributed by atoms with van der Waals surface area (Å²) in [5.74, 6) is -0.789. The van der Waals surface area contributed by atoms with Gasteiger partial charge in [0.15, 0.2) is 11.3 Å². The predicted molar refractivity (Wildman–Crippen MR) is 74.5 cm³/mol. The molecule has 0 saturated heterocycles. The first-order valence-corrected chi connectivity index (χ1v) is 8.83. The first-order chi connectivity index (χ1) is 8.43. The number of carbonyl (C=O) groups excluding carboxylic acids is 1. The molecule has 5 heteroatoms. The summed E-state index contributed by atoms with van der Waals surface area (Å²) in [7, 11) is -3.29. The molecule has 0 aliphatic rings. The van der Waals surface area contributed by atoms with Crippen molar-refractivity contribution in [2.45, 2.75) is 52.5 Å². The Bertz CT molecular complexity index is 274. The van der Waals surface area contributed by atoms with Crippen LogP contribution in [0.1, 0.15) is 40.5 Å². The second kappa shape index (κ2) is 8.58. The Balaban J connectivity index is 5.12. The van der Waals surface area contributed by atoms with Crippen LogP contribution in [0.4, 0.5) is 0 Å². The Labute approximate surface area is 111 Å². The third-order valence-corrected chi connectivity index (χ3v) is 6.16. The smallest absolute Gasteiger partial charge is 0.327 e. The highest BCUT2D eigenvalue weighted by molar-refractivity contribution is 7.03. The van der Waals surface area contributed by atoms with Gasteiger partial charge in [0.1, 0.15) is 0 Å². The molecule has 0 rings (SSSR count). The molecule has 0 aromatic carbocycles. The Morgan fingerprint density at radius 2 is 1.78 bits per heavy atom. The maximum Gasteiger partial charge on any atom is 0.327 e. The highest BCUT2D eigenvalue weighted by atomic mass is 28.4. The maximum absolute atomic E-state index is 12.2.